The zero-order valence-electron chi connectivity index (χ0n) is 9.73. The minimum absolute atomic E-state index is 0.161. The molecule has 0 aliphatic heterocycles. The van der Waals surface area contributed by atoms with Crippen LogP contribution in [0.4, 0.5) is 11.5 Å². The fourth-order valence-electron chi connectivity index (χ4n) is 3.09. The third-order valence-electron chi connectivity index (χ3n) is 4.01. The maximum Gasteiger partial charge on any atom is 0.228 e. The van der Waals surface area contributed by atoms with Crippen LogP contribution >= 0.6 is 0 Å². The molecular weight excluding hydrogens is 214 g/mol. The van der Waals surface area contributed by atoms with E-state index >= 15 is 0 Å². The number of nitrogens with one attached hydrogen (secondary N) is 1. The van der Waals surface area contributed by atoms with Crippen LogP contribution in [0.5, 0.6) is 0 Å². The third kappa shape index (κ3) is 1.99. The number of carbonyl (C=O) groups is 1. The lowest BCUT2D eigenvalue weighted by atomic mass is 10.0. The van der Waals surface area contributed by atoms with E-state index in [2.05, 4.69) is 10.3 Å². The summed E-state index contributed by atoms with van der Waals surface area (Å²) in [6, 6.07) is 3.50. The van der Waals surface area contributed by atoms with E-state index in [4.69, 9.17) is 5.73 Å². The van der Waals surface area contributed by atoms with Crippen LogP contribution in [0.25, 0.3) is 0 Å². The number of fused-ring (bicyclic) bond motifs is 1. The quantitative estimate of drug-likeness (QED) is 0.818. The van der Waals surface area contributed by atoms with Gasteiger partial charge in [0.15, 0.2) is 0 Å². The first kappa shape index (κ1) is 10.6. The van der Waals surface area contributed by atoms with Gasteiger partial charge in [-0.05, 0) is 36.8 Å². The number of carbonyl (C=O) groups excluding carboxylic acids is 1. The number of aromatic nitrogens is 1. The van der Waals surface area contributed by atoms with Gasteiger partial charge in [0.2, 0.25) is 5.91 Å². The molecule has 90 valence electrons. The zero-order chi connectivity index (χ0) is 11.8. The minimum Gasteiger partial charge on any atom is -0.384 e. The Balaban J connectivity index is 1.62. The summed E-state index contributed by atoms with van der Waals surface area (Å²) in [4.78, 5) is 16.0. The Labute approximate surface area is 101 Å². The molecule has 0 saturated heterocycles. The van der Waals surface area contributed by atoms with E-state index in [0.717, 1.165) is 5.69 Å². The van der Waals surface area contributed by atoms with Gasteiger partial charge in [0.05, 0.1) is 11.9 Å². The molecule has 17 heavy (non-hydrogen) atoms. The van der Waals surface area contributed by atoms with Crippen LogP contribution in [-0.4, -0.2) is 10.9 Å². The van der Waals surface area contributed by atoms with Crippen LogP contribution in [0.2, 0.25) is 0 Å². The molecule has 0 spiro atoms. The largest absolute Gasteiger partial charge is 0.384 e. The highest BCUT2D eigenvalue weighted by Crippen LogP contribution is 2.55. The number of nitrogen functional groups attached to an aromatic ring is 1. The molecule has 1 amide bonds. The van der Waals surface area contributed by atoms with Gasteiger partial charge in [-0.15, -0.1) is 0 Å². The molecule has 4 nitrogen and oxygen atoms in total. The molecule has 2 fully saturated rings. The number of nitrogens with zero attached hydrogens (tertiary/aromatic N) is 1. The van der Waals surface area contributed by atoms with E-state index in [1.165, 1.54) is 25.7 Å². The highest BCUT2D eigenvalue weighted by molar-refractivity contribution is 5.94. The van der Waals surface area contributed by atoms with E-state index in [1.54, 1.807) is 18.3 Å². The lowest BCUT2D eigenvalue weighted by Crippen LogP contribution is -2.15. The summed E-state index contributed by atoms with van der Waals surface area (Å²) in [5.74, 6) is 2.17. The van der Waals surface area contributed by atoms with Crippen molar-refractivity contribution in [2.75, 3.05) is 11.1 Å². The second-order valence-electron chi connectivity index (χ2n) is 5.10. The van der Waals surface area contributed by atoms with Crippen LogP contribution < -0.4 is 11.1 Å². The number of anilines is 2. The van der Waals surface area contributed by atoms with Crippen LogP contribution in [0.15, 0.2) is 18.3 Å². The van der Waals surface area contributed by atoms with Crippen molar-refractivity contribution < 1.29 is 4.79 Å². The summed E-state index contributed by atoms with van der Waals surface area (Å²) in [5, 5.41) is 2.93. The molecule has 2 aliphatic rings. The summed E-state index contributed by atoms with van der Waals surface area (Å²) in [7, 11) is 0. The third-order valence-corrected chi connectivity index (χ3v) is 4.01. The Kier molecular flexibility index (Phi) is 2.50. The van der Waals surface area contributed by atoms with Crippen molar-refractivity contribution >= 4 is 17.4 Å². The molecule has 4 heteroatoms. The van der Waals surface area contributed by atoms with Gasteiger partial charge in [0.1, 0.15) is 5.82 Å². The molecule has 0 aromatic carbocycles. The number of hydrogen-bond acceptors (Lipinski definition) is 3. The van der Waals surface area contributed by atoms with Crippen LogP contribution in [0, 0.1) is 17.8 Å². The molecule has 2 aliphatic carbocycles. The maximum atomic E-state index is 12.1. The van der Waals surface area contributed by atoms with Gasteiger partial charge >= 0.3 is 0 Å². The second kappa shape index (κ2) is 4.02. The Hall–Kier alpha value is -1.58. The molecular formula is C13H17N3O. The number of rotatable bonds is 2. The van der Waals surface area contributed by atoms with E-state index in [-0.39, 0.29) is 11.8 Å². The SMILES string of the molecule is Nc1ccc(NC(=O)C2C3CCCCC32)cn1. The number of hydrogen-bond donors (Lipinski definition) is 2. The van der Waals surface area contributed by atoms with Crippen molar-refractivity contribution in [3.05, 3.63) is 18.3 Å². The fraction of sp³-hybridized carbons (Fsp3) is 0.538. The molecule has 0 radical (unpaired) electrons. The first-order valence-corrected chi connectivity index (χ1v) is 6.28. The highest BCUT2D eigenvalue weighted by Gasteiger charge is 2.54. The normalized spacial score (nSPS) is 30.5. The van der Waals surface area contributed by atoms with Gasteiger partial charge in [0.25, 0.3) is 0 Å². The van der Waals surface area contributed by atoms with Gasteiger partial charge < -0.3 is 11.1 Å². The predicted molar refractivity (Wildman–Crippen MR) is 66.2 cm³/mol. The smallest absolute Gasteiger partial charge is 0.228 e. The summed E-state index contributed by atoms with van der Waals surface area (Å²) in [6.07, 6.45) is 6.63. The zero-order valence-corrected chi connectivity index (χ0v) is 9.73. The molecule has 1 heterocycles. The van der Waals surface area contributed by atoms with Gasteiger partial charge in [-0.1, -0.05) is 12.8 Å². The Morgan fingerprint density at radius 1 is 1.29 bits per heavy atom. The summed E-state index contributed by atoms with van der Waals surface area (Å²) < 4.78 is 0. The van der Waals surface area contributed by atoms with Crippen LogP contribution in [0.3, 0.4) is 0 Å². The second-order valence-corrected chi connectivity index (χ2v) is 5.10. The van der Waals surface area contributed by atoms with Crippen molar-refractivity contribution in [2.45, 2.75) is 25.7 Å². The Morgan fingerprint density at radius 2 is 2.00 bits per heavy atom. The van der Waals surface area contributed by atoms with Gasteiger partial charge in [-0.25, -0.2) is 4.98 Å². The van der Waals surface area contributed by atoms with E-state index < -0.39 is 0 Å². The molecule has 2 saturated carbocycles. The van der Waals surface area contributed by atoms with Crippen LogP contribution in [0.1, 0.15) is 25.7 Å². The average Bonchev–Trinajstić information content (AvgIpc) is 3.06. The molecule has 1 aromatic rings. The molecule has 2 atom stereocenters. The Morgan fingerprint density at radius 3 is 2.59 bits per heavy atom. The summed E-state index contributed by atoms with van der Waals surface area (Å²) in [6.45, 7) is 0. The van der Waals surface area contributed by atoms with Gasteiger partial charge in [0, 0.05) is 5.92 Å². The van der Waals surface area contributed by atoms with Crippen molar-refractivity contribution in [3.8, 4) is 0 Å². The van der Waals surface area contributed by atoms with Gasteiger partial charge in [-0.2, -0.15) is 0 Å². The topological polar surface area (TPSA) is 68.0 Å². The van der Waals surface area contributed by atoms with E-state index in [1.807, 2.05) is 0 Å². The van der Waals surface area contributed by atoms with Crippen molar-refractivity contribution in [1.29, 1.82) is 0 Å². The van der Waals surface area contributed by atoms with Crippen molar-refractivity contribution in [1.82, 2.24) is 4.98 Å². The number of pyridine rings is 1. The fourth-order valence-corrected chi connectivity index (χ4v) is 3.09. The molecule has 3 rings (SSSR count). The first-order chi connectivity index (χ1) is 8.25. The molecule has 3 N–H and O–H groups in total. The number of amides is 1. The van der Waals surface area contributed by atoms with E-state index in [0.29, 0.717) is 17.7 Å². The maximum absolute atomic E-state index is 12.1. The number of nitrogens with two attached hydrogens (primary N) is 1. The average molecular weight is 231 g/mol. The summed E-state index contributed by atoms with van der Waals surface area (Å²) >= 11 is 0. The lowest BCUT2D eigenvalue weighted by Gasteiger charge is -2.04. The minimum atomic E-state index is 0.161. The molecule has 2 unspecified atom stereocenters. The monoisotopic (exact) mass is 231 g/mol. The first-order valence-electron chi connectivity index (χ1n) is 6.28. The van der Waals surface area contributed by atoms with Crippen LogP contribution in [-0.2, 0) is 4.79 Å². The van der Waals surface area contributed by atoms with Crippen molar-refractivity contribution in [3.63, 3.8) is 0 Å². The molecule has 1 aromatic heterocycles. The Bertz CT molecular complexity index is 417. The van der Waals surface area contributed by atoms with E-state index in [9.17, 15) is 4.79 Å². The standard InChI is InChI=1S/C13H17N3O/c14-11-6-5-8(7-15-11)16-13(17)12-9-3-1-2-4-10(9)12/h5-7,9-10,12H,1-4H2,(H2,14,15)(H,16,17). The molecule has 0 bridgehead atoms. The predicted octanol–water partition coefficient (Wildman–Crippen LogP) is 2.04. The highest BCUT2D eigenvalue weighted by atomic mass is 16.2. The summed E-state index contributed by atoms with van der Waals surface area (Å²) in [5.41, 5.74) is 6.24. The van der Waals surface area contributed by atoms with Crippen molar-refractivity contribution in [2.24, 2.45) is 17.8 Å². The lowest BCUT2D eigenvalue weighted by molar-refractivity contribution is -0.117. The van der Waals surface area contributed by atoms with Gasteiger partial charge in [-0.3, -0.25) is 4.79 Å².